The molecule has 0 spiro atoms. The van der Waals surface area contributed by atoms with Crippen molar-refractivity contribution in [2.75, 3.05) is 13.1 Å². The third-order valence-electron chi connectivity index (χ3n) is 5.65. The van der Waals surface area contributed by atoms with Gasteiger partial charge in [-0.15, -0.1) is 0 Å². The first-order chi connectivity index (χ1) is 12.2. The molecule has 1 atom stereocenters. The molecule has 25 heavy (non-hydrogen) atoms. The van der Waals surface area contributed by atoms with Gasteiger partial charge in [-0.05, 0) is 60.7 Å². The lowest BCUT2D eigenvalue weighted by Gasteiger charge is -2.37. The van der Waals surface area contributed by atoms with E-state index < -0.39 is 0 Å². The molecule has 2 aromatic rings. The van der Waals surface area contributed by atoms with Gasteiger partial charge in [-0.2, -0.15) is 0 Å². The van der Waals surface area contributed by atoms with E-state index in [9.17, 15) is 9.90 Å². The van der Waals surface area contributed by atoms with Crippen LogP contribution in [-0.2, 0) is 6.61 Å². The van der Waals surface area contributed by atoms with Crippen LogP contribution in [0.1, 0.15) is 55.5 Å². The minimum absolute atomic E-state index is 0.0462. The summed E-state index contributed by atoms with van der Waals surface area (Å²) in [5, 5.41) is 11.4. The van der Waals surface area contributed by atoms with Gasteiger partial charge in [0, 0.05) is 24.1 Å². The molecular weight excluding hydrogens is 310 g/mol. The van der Waals surface area contributed by atoms with Crippen LogP contribution < -0.4 is 0 Å². The van der Waals surface area contributed by atoms with Crippen LogP contribution in [0.4, 0.5) is 0 Å². The van der Waals surface area contributed by atoms with Crippen molar-refractivity contribution >= 4 is 16.6 Å². The van der Waals surface area contributed by atoms with Crippen LogP contribution in [-0.4, -0.2) is 34.9 Å². The van der Waals surface area contributed by atoms with E-state index in [4.69, 9.17) is 0 Å². The lowest BCUT2D eigenvalue weighted by atomic mass is 9.88. The molecule has 1 aliphatic heterocycles. The van der Waals surface area contributed by atoms with Crippen molar-refractivity contribution in [1.82, 2.24) is 4.90 Å². The number of fused-ring (bicyclic) bond motifs is 1. The standard InChI is InChI=1S/C22H29NO2/c1-3-21(4-2)23-11-5-6-20(14-23)22(25)19-10-9-17-12-16(15-24)7-8-18(17)13-19/h7-10,12-13,20-21,24H,3-6,11,14-15H2,1-2H3. The molecule has 1 aliphatic rings. The van der Waals surface area contributed by atoms with Gasteiger partial charge in [-0.1, -0.05) is 38.1 Å². The SMILES string of the molecule is CCC(CC)N1CCCC(C(=O)c2ccc3cc(CO)ccc3c2)C1. The topological polar surface area (TPSA) is 40.5 Å². The molecule has 1 saturated heterocycles. The number of likely N-dealkylation sites (tertiary alicyclic amines) is 1. The van der Waals surface area contributed by atoms with Crippen LogP contribution in [0.15, 0.2) is 36.4 Å². The fraction of sp³-hybridized carbons (Fsp3) is 0.500. The highest BCUT2D eigenvalue weighted by Gasteiger charge is 2.29. The normalized spacial score (nSPS) is 18.8. The van der Waals surface area contributed by atoms with Crippen LogP contribution in [0, 0.1) is 5.92 Å². The molecule has 0 amide bonds. The Labute approximate surface area is 150 Å². The van der Waals surface area contributed by atoms with E-state index in [1.165, 1.54) is 0 Å². The van der Waals surface area contributed by atoms with E-state index in [0.717, 1.165) is 60.7 Å². The van der Waals surface area contributed by atoms with Gasteiger partial charge in [-0.25, -0.2) is 0 Å². The summed E-state index contributed by atoms with van der Waals surface area (Å²) in [5.41, 5.74) is 1.72. The van der Waals surface area contributed by atoms with Gasteiger partial charge in [-0.3, -0.25) is 9.69 Å². The summed E-state index contributed by atoms with van der Waals surface area (Å²) in [5.74, 6) is 0.396. The van der Waals surface area contributed by atoms with Gasteiger partial charge in [0.2, 0.25) is 0 Å². The number of ketones is 1. The summed E-state index contributed by atoms with van der Waals surface area (Å²) >= 11 is 0. The number of carbonyl (C=O) groups excluding carboxylic acids is 1. The number of carbonyl (C=O) groups is 1. The zero-order valence-corrected chi connectivity index (χ0v) is 15.4. The second-order valence-electron chi connectivity index (χ2n) is 7.22. The van der Waals surface area contributed by atoms with Crippen LogP contribution in [0.5, 0.6) is 0 Å². The maximum Gasteiger partial charge on any atom is 0.167 e. The highest BCUT2D eigenvalue weighted by molar-refractivity contribution is 6.01. The molecule has 1 N–H and O–H groups in total. The lowest BCUT2D eigenvalue weighted by molar-refractivity contribution is 0.0741. The van der Waals surface area contributed by atoms with E-state index in [0.29, 0.717) is 6.04 Å². The highest BCUT2D eigenvalue weighted by Crippen LogP contribution is 2.26. The first-order valence-electron chi connectivity index (χ1n) is 9.58. The third kappa shape index (κ3) is 3.94. The van der Waals surface area contributed by atoms with E-state index >= 15 is 0 Å². The Morgan fingerprint density at radius 2 is 1.88 bits per heavy atom. The zero-order valence-electron chi connectivity index (χ0n) is 15.4. The number of hydrogen-bond acceptors (Lipinski definition) is 3. The lowest BCUT2D eigenvalue weighted by Crippen LogP contribution is -2.44. The Hall–Kier alpha value is -1.71. The monoisotopic (exact) mass is 339 g/mol. The van der Waals surface area contributed by atoms with Gasteiger partial charge in [0.25, 0.3) is 0 Å². The maximum atomic E-state index is 13.0. The van der Waals surface area contributed by atoms with Gasteiger partial charge < -0.3 is 5.11 Å². The van der Waals surface area contributed by atoms with Crippen LogP contribution in [0.2, 0.25) is 0 Å². The molecule has 3 nitrogen and oxygen atoms in total. The van der Waals surface area contributed by atoms with Gasteiger partial charge in [0.15, 0.2) is 5.78 Å². The number of piperidine rings is 1. The molecule has 134 valence electrons. The highest BCUT2D eigenvalue weighted by atomic mass is 16.3. The molecule has 1 heterocycles. The minimum atomic E-state index is 0.0462. The van der Waals surface area contributed by atoms with Crippen LogP contribution in [0.25, 0.3) is 10.8 Å². The third-order valence-corrected chi connectivity index (χ3v) is 5.65. The Bertz CT molecular complexity index is 736. The van der Waals surface area contributed by atoms with Gasteiger partial charge in [0.1, 0.15) is 0 Å². The van der Waals surface area contributed by atoms with E-state index in [-0.39, 0.29) is 18.3 Å². The summed E-state index contributed by atoms with van der Waals surface area (Å²) in [6, 6.07) is 12.5. The number of nitrogens with zero attached hydrogens (tertiary/aromatic N) is 1. The molecular formula is C22H29NO2. The second kappa shape index (κ2) is 8.11. The summed E-state index contributed by atoms with van der Waals surface area (Å²) in [4.78, 5) is 15.6. The Morgan fingerprint density at radius 3 is 2.60 bits per heavy atom. The molecule has 0 aliphatic carbocycles. The van der Waals surface area contributed by atoms with Crippen molar-refractivity contribution in [3.63, 3.8) is 0 Å². The number of hydrogen-bond donors (Lipinski definition) is 1. The Kier molecular flexibility index (Phi) is 5.87. The van der Waals surface area contributed by atoms with Crippen molar-refractivity contribution < 1.29 is 9.90 Å². The number of Topliss-reactive ketones (excluding diaryl/α,β-unsaturated/α-hetero) is 1. The second-order valence-corrected chi connectivity index (χ2v) is 7.22. The summed E-state index contributed by atoms with van der Waals surface area (Å²) < 4.78 is 0. The fourth-order valence-corrected chi connectivity index (χ4v) is 4.14. The average Bonchev–Trinajstić information content (AvgIpc) is 2.67. The van der Waals surface area contributed by atoms with Crippen molar-refractivity contribution in [2.45, 2.75) is 52.2 Å². The number of aliphatic hydroxyl groups is 1. The van der Waals surface area contributed by atoms with E-state index in [2.05, 4.69) is 18.7 Å². The predicted octanol–water partition coefficient (Wildman–Crippen LogP) is 4.42. The summed E-state index contributed by atoms with van der Waals surface area (Å²) in [7, 11) is 0. The first-order valence-corrected chi connectivity index (χ1v) is 9.58. The average molecular weight is 339 g/mol. The van der Waals surface area contributed by atoms with Gasteiger partial charge in [0.05, 0.1) is 6.61 Å². The molecule has 1 fully saturated rings. The summed E-state index contributed by atoms with van der Waals surface area (Å²) in [6.45, 7) is 6.54. The summed E-state index contributed by atoms with van der Waals surface area (Å²) in [6.07, 6.45) is 4.42. The van der Waals surface area contributed by atoms with E-state index in [1.807, 2.05) is 36.4 Å². The smallest absolute Gasteiger partial charge is 0.167 e. The van der Waals surface area contributed by atoms with Crippen molar-refractivity contribution in [3.8, 4) is 0 Å². The molecule has 0 bridgehead atoms. The molecule has 0 saturated carbocycles. The molecule has 0 aromatic heterocycles. The number of benzene rings is 2. The number of aliphatic hydroxyl groups excluding tert-OH is 1. The quantitative estimate of drug-likeness (QED) is 0.792. The zero-order chi connectivity index (χ0) is 17.8. The molecule has 3 heteroatoms. The first kappa shape index (κ1) is 18.1. The van der Waals surface area contributed by atoms with Crippen LogP contribution in [0.3, 0.4) is 0 Å². The van der Waals surface area contributed by atoms with Crippen molar-refractivity contribution in [3.05, 3.63) is 47.5 Å². The minimum Gasteiger partial charge on any atom is -0.392 e. The molecule has 0 radical (unpaired) electrons. The molecule has 1 unspecified atom stereocenters. The number of rotatable bonds is 6. The van der Waals surface area contributed by atoms with Gasteiger partial charge >= 0.3 is 0 Å². The van der Waals surface area contributed by atoms with Crippen molar-refractivity contribution in [2.24, 2.45) is 5.92 Å². The molecule has 2 aromatic carbocycles. The predicted molar refractivity (Wildman–Crippen MR) is 103 cm³/mol. The maximum absolute atomic E-state index is 13.0. The van der Waals surface area contributed by atoms with Crippen LogP contribution >= 0.6 is 0 Å². The van der Waals surface area contributed by atoms with Crippen molar-refractivity contribution in [1.29, 1.82) is 0 Å². The Balaban J connectivity index is 1.79. The molecule has 3 rings (SSSR count). The van der Waals surface area contributed by atoms with E-state index in [1.54, 1.807) is 0 Å². The Morgan fingerprint density at radius 1 is 1.16 bits per heavy atom. The fourth-order valence-electron chi connectivity index (χ4n) is 4.14. The largest absolute Gasteiger partial charge is 0.392 e.